The summed E-state index contributed by atoms with van der Waals surface area (Å²) in [7, 11) is 1.55. The Morgan fingerprint density at radius 1 is 1.48 bits per heavy atom. The summed E-state index contributed by atoms with van der Waals surface area (Å²) < 4.78 is 0. The summed E-state index contributed by atoms with van der Waals surface area (Å²) in [6.45, 7) is -0.0240. The minimum Gasteiger partial charge on any atom is -0.478 e. The number of benzene rings is 1. The van der Waals surface area contributed by atoms with Gasteiger partial charge in [-0.15, -0.1) is 0 Å². The van der Waals surface area contributed by atoms with E-state index in [2.05, 4.69) is 5.32 Å². The van der Waals surface area contributed by atoms with Crippen LogP contribution in [0, 0.1) is 10.1 Å². The second kappa shape index (κ2) is 5.78. The number of aromatic carboxylic acids is 1. The molecule has 8 nitrogen and oxygen atoms in total. The van der Waals surface area contributed by atoms with Crippen LogP contribution in [0.5, 0.6) is 0 Å². The molecule has 0 unspecified atom stereocenters. The highest BCUT2D eigenvalue weighted by molar-refractivity contribution is 5.90. The van der Waals surface area contributed by atoms with Gasteiger partial charge in [0.05, 0.1) is 17.0 Å². The lowest BCUT2D eigenvalue weighted by Gasteiger charge is -2.18. The van der Waals surface area contributed by atoms with Crippen LogP contribution in [0.25, 0.3) is 0 Å². The summed E-state index contributed by atoms with van der Waals surface area (Å²) >= 11 is 0. The lowest BCUT2D eigenvalue weighted by molar-refractivity contribution is -0.384. The van der Waals surface area contributed by atoms with Crippen LogP contribution in [0.4, 0.5) is 11.4 Å². The van der Waals surface area contributed by atoms with Gasteiger partial charge in [-0.25, -0.2) is 4.79 Å². The molecule has 21 heavy (non-hydrogen) atoms. The maximum Gasteiger partial charge on any atom is 0.335 e. The first kappa shape index (κ1) is 14.8. The van der Waals surface area contributed by atoms with E-state index in [1.807, 2.05) is 0 Å². The van der Waals surface area contributed by atoms with Crippen LogP contribution in [0.15, 0.2) is 18.2 Å². The van der Waals surface area contributed by atoms with Gasteiger partial charge in [0.1, 0.15) is 5.69 Å². The van der Waals surface area contributed by atoms with Crippen LogP contribution < -0.4 is 10.2 Å². The van der Waals surface area contributed by atoms with Crippen molar-refractivity contribution in [2.75, 3.05) is 18.5 Å². The summed E-state index contributed by atoms with van der Waals surface area (Å²) in [5.41, 5.74) is -0.297. The van der Waals surface area contributed by atoms with Crippen LogP contribution in [-0.4, -0.2) is 41.5 Å². The van der Waals surface area contributed by atoms with Crippen LogP contribution in [0.3, 0.4) is 0 Å². The quantitative estimate of drug-likeness (QED) is 0.597. The van der Waals surface area contributed by atoms with Crippen LogP contribution in [0.1, 0.15) is 23.2 Å². The summed E-state index contributed by atoms with van der Waals surface area (Å²) in [6, 6.07) is 3.83. The number of rotatable bonds is 6. The van der Waals surface area contributed by atoms with Gasteiger partial charge in [0.15, 0.2) is 0 Å². The molecule has 1 aliphatic rings. The molecule has 2 N–H and O–H groups in total. The van der Waals surface area contributed by atoms with E-state index in [0.29, 0.717) is 0 Å². The van der Waals surface area contributed by atoms with Crippen molar-refractivity contribution in [3.05, 3.63) is 33.9 Å². The van der Waals surface area contributed by atoms with Crippen molar-refractivity contribution in [2.24, 2.45) is 0 Å². The van der Waals surface area contributed by atoms with Crippen LogP contribution in [-0.2, 0) is 4.79 Å². The number of carbonyl (C=O) groups is 2. The number of nitro benzene ring substituents is 1. The standard InChI is InChI=1S/C13H15N3O5/c1-15(7-12(17)14-9-3-4-9)10-5-2-8(13(18)19)6-11(10)16(20)21/h2,5-6,9H,3-4,7H2,1H3,(H,14,17)(H,18,19). The minimum atomic E-state index is -1.24. The molecule has 1 aliphatic carbocycles. The Balaban J connectivity index is 2.18. The van der Waals surface area contributed by atoms with E-state index in [0.717, 1.165) is 18.9 Å². The number of anilines is 1. The highest BCUT2D eigenvalue weighted by Gasteiger charge is 2.25. The number of nitrogens with zero attached hydrogens (tertiary/aromatic N) is 2. The van der Waals surface area contributed by atoms with Gasteiger partial charge >= 0.3 is 5.97 Å². The molecule has 1 fully saturated rings. The minimum absolute atomic E-state index is 0.0240. The SMILES string of the molecule is CN(CC(=O)NC1CC1)c1ccc(C(=O)O)cc1[N+](=O)[O-]. The third-order valence-corrected chi connectivity index (χ3v) is 3.15. The van der Waals surface area contributed by atoms with Crippen molar-refractivity contribution in [3.63, 3.8) is 0 Å². The second-order valence-corrected chi connectivity index (χ2v) is 4.96. The number of carboxylic acid groups (broad SMARTS) is 1. The van der Waals surface area contributed by atoms with Crippen molar-refractivity contribution in [3.8, 4) is 0 Å². The Morgan fingerprint density at radius 2 is 2.14 bits per heavy atom. The van der Waals surface area contributed by atoms with Crippen molar-refractivity contribution in [2.45, 2.75) is 18.9 Å². The second-order valence-electron chi connectivity index (χ2n) is 4.96. The molecule has 0 aromatic heterocycles. The zero-order chi connectivity index (χ0) is 15.6. The highest BCUT2D eigenvalue weighted by Crippen LogP contribution is 2.28. The molecule has 0 atom stereocenters. The van der Waals surface area contributed by atoms with E-state index in [9.17, 15) is 19.7 Å². The third-order valence-electron chi connectivity index (χ3n) is 3.15. The maximum atomic E-state index is 11.7. The molecule has 8 heteroatoms. The first-order valence-electron chi connectivity index (χ1n) is 6.40. The van der Waals surface area contributed by atoms with E-state index >= 15 is 0 Å². The molecule has 1 aromatic rings. The predicted molar refractivity (Wildman–Crippen MR) is 74.5 cm³/mol. The summed E-state index contributed by atoms with van der Waals surface area (Å²) in [4.78, 5) is 34.4. The Morgan fingerprint density at radius 3 is 2.67 bits per heavy atom. The molecule has 0 aliphatic heterocycles. The Kier molecular flexibility index (Phi) is 4.06. The van der Waals surface area contributed by atoms with E-state index in [-0.39, 0.29) is 35.4 Å². The average molecular weight is 293 g/mol. The van der Waals surface area contributed by atoms with Gasteiger partial charge in [-0.1, -0.05) is 0 Å². The number of amides is 1. The monoisotopic (exact) mass is 293 g/mol. The fraction of sp³-hybridized carbons (Fsp3) is 0.385. The average Bonchev–Trinajstić information content (AvgIpc) is 3.21. The Hall–Kier alpha value is -2.64. The molecule has 0 heterocycles. The molecule has 2 rings (SSSR count). The number of likely N-dealkylation sites (N-methyl/N-ethyl adjacent to an activating group) is 1. The van der Waals surface area contributed by atoms with Crippen molar-refractivity contribution in [1.82, 2.24) is 5.32 Å². The van der Waals surface area contributed by atoms with Gasteiger partial charge in [-0.2, -0.15) is 0 Å². The fourth-order valence-corrected chi connectivity index (χ4v) is 1.93. The van der Waals surface area contributed by atoms with Crippen molar-refractivity contribution in [1.29, 1.82) is 0 Å². The topological polar surface area (TPSA) is 113 Å². The first-order valence-corrected chi connectivity index (χ1v) is 6.40. The number of carboxylic acids is 1. The zero-order valence-electron chi connectivity index (χ0n) is 11.4. The summed E-state index contributed by atoms with van der Waals surface area (Å²) in [6.07, 6.45) is 1.92. The van der Waals surface area contributed by atoms with E-state index in [4.69, 9.17) is 5.11 Å². The number of carbonyl (C=O) groups excluding carboxylic acids is 1. The lowest BCUT2D eigenvalue weighted by atomic mass is 10.1. The largest absolute Gasteiger partial charge is 0.478 e. The van der Waals surface area contributed by atoms with Gasteiger partial charge in [0.2, 0.25) is 5.91 Å². The fourth-order valence-electron chi connectivity index (χ4n) is 1.93. The maximum absolute atomic E-state index is 11.7. The lowest BCUT2D eigenvalue weighted by Crippen LogP contribution is -2.36. The van der Waals surface area contributed by atoms with Gasteiger partial charge in [-0.3, -0.25) is 14.9 Å². The molecule has 112 valence electrons. The number of nitro groups is 1. The normalized spacial score (nSPS) is 13.6. The van der Waals surface area contributed by atoms with Gasteiger partial charge in [-0.05, 0) is 25.0 Å². The summed E-state index contributed by atoms with van der Waals surface area (Å²) in [5, 5.41) is 22.7. The molecule has 0 bridgehead atoms. The van der Waals surface area contributed by atoms with Crippen molar-refractivity contribution < 1.29 is 19.6 Å². The molecule has 0 spiro atoms. The van der Waals surface area contributed by atoms with Gasteiger partial charge < -0.3 is 15.3 Å². The molecular weight excluding hydrogens is 278 g/mol. The number of hydrogen-bond acceptors (Lipinski definition) is 5. The van der Waals surface area contributed by atoms with Crippen LogP contribution in [0.2, 0.25) is 0 Å². The molecule has 1 aromatic carbocycles. The van der Waals surface area contributed by atoms with Crippen molar-refractivity contribution >= 4 is 23.3 Å². The third kappa shape index (κ3) is 3.68. The molecule has 0 radical (unpaired) electrons. The van der Waals surface area contributed by atoms with E-state index < -0.39 is 10.9 Å². The Bertz CT molecular complexity index is 597. The van der Waals surface area contributed by atoms with E-state index in [1.165, 1.54) is 17.0 Å². The number of hydrogen-bond donors (Lipinski definition) is 2. The van der Waals surface area contributed by atoms with Crippen LogP contribution >= 0.6 is 0 Å². The summed E-state index contributed by atoms with van der Waals surface area (Å²) in [5.74, 6) is -1.45. The Labute approximate surface area is 120 Å². The number of nitrogens with one attached hydrogen (secondary N) is 1. The highest BCUT2D eigenvalue weighted by atomic mass is 16.6. The molecule has 1 amide bonds. The smallest absolute Gasteiger partial charge is 0.335 e. The molecular formula is C13H15N3O5. The van der Waals surface area contributed by atoms with Gasteiger partial charge in [0.25, 0.3) is 5.69 Å². The molecule has 1 saturated carbocycles. The first-order chi connectivity index (χ1) is 9.88. The molecule has 0 saturated heterocycles. The zero-order valence-corrected chi connectivity index (χ0v) is 11.4. The van der Waals surface area contributed by atoms with Gasteiger partial charge in [0, 0.05) is 19.2 Å². The predicted octanol–water partition coefficient (Wildman–Crippen LogP) is 1.01. The van der Waals surface area contributed by atoms with E-state index in [1.54, 1.807) is 7.05 Å².